The van der Waals surface area contributed by atoms with E-state index in [2.05, 4.69) is 30.8 Å². The molecule has 0 atom stereocenters. The predicted molar refractivity (Wildman–Crippen MR) is 74.7 cm³/mol. The summed E-state index contributed by atoms with van der Waals surface area (Å²) in [6, 6.07) is 4.97. The Bertz CT molecular complexity index is 858. The zero-order valence-electron chi connectivity index (χ0n) is 12.1. The number of rotatable bonds is 3. The first-order valence-electron chi connectivity index (χ1n) is 6.57. The quantitative estimate of drug-likeness (QED) is 0.738. The zero-order valence-corrected chi connectivity index (χ0v) is 12.1. The van der Waals surface area contributed by atoms with Crippen LogP contribution in [-0.2, 0) is 6.18 Å². The van der Waals surface area contributed by atoms with Crippen LogP contribution in [0.15, 0.2) is 30.5 Å². The van der Waals surface area contributed by atoms with Crippen molar-refractivity contribution >= 4 is 5.95 Å². The molecule has 2 aromatic heterocycles. The number of aromatic nitrogens is 6. The fraction of sp³-hybridized carbons (Fsp3) is 0.154. The number of hydrogen-bond donors (Lipinski definition) is 1. The van der Waals surface area contributed by atoms with Crippen molar-refractivity contribution in [2.45, 2.75) is 6.18 Å². The van der Waals surface area contributed by atoms with Crippen molar-refractivity contribution in [3.8, 4) is 17.1 Å². The first kappa shape index (κ1) is 15.8. The van der Waals surface area contributed by atoms with Crippen molar-refractivity contribution < 1.29 is 17.6 Å². The predicted octanol–water partition coefficient (Wildman–Crippen LogP) is 2.32. The molecule has 0 aliphatic rings. The van der Waals surface area contributed by atoms with E-state index in [4.69, 9.17) is 0 Å². The number of nitrogens with one attached hydrogen (secondary N) is 1. The normalized spacial score (nSPS) is 11.5. The van der Waals surface area contributed by atoms with Crippen LogP contribution in [0.5, 0.6) is 0 Å². The highest BCUT2D eigenvalue weighted by Gasteiger charge is 2.38. The van der Waals surface area contributed by atoms with Gasteiger partial charge in [0.05, 0.1) is 11.3 Å². The van der Waals surface area contributed by atoms with E-state index < -0.39 is 23.3 Å². The molecule has 0 spiro atoms. The number of benzene rings is 1. The van der Waals surface area contributed by atoms with Crippen LogP contribution in [-0.4, -0.2) is 37.2 Å². The Morgan fingerprint density at radius 2 is 1.83 bits per heavy atom. The maximum atomic E-state index is 13.3. The number of alkyl halides is 3. The van der Waals surface area contributed by atoms with E-state index in [-0.39, 0.29) is 11.8 Å². The van der Waals surface area contributed by atoms with Crippen LogP contribution >= 0.6 is 0 Å². The standard InChI is InChI=1S/C13H9F4N7/c1-18-12-19-6-9(10(20-12)13(15,16)17)11-21-22-23-24(11)8-4-2-7(14)3-5-8/h2-6H,1H3,(H,18,19,20). The van der Waals surface area contributed by atoms with Gasteiger partial charge >= 0.3 is 6.18 Å². The number of nitrogens with zero attached hydrogens (tertiary/aromatic N) is 6. The number of halogens is 4. The van der Waals surface area contributed by atoms with Gasteiger partial charge in [0.15, 0.2) is 11.5 Å². The van der Waals surface area contributed by atoms with Crippen LogP contribution in [0.25, 0.3) is 17.1 Å². The van der Waals surface area contributed by atoms with Crippen LogP contribution in [0, 0.1) is 5.82 Å². The summed E-state index contributed by atoms with van der Waals surface area (Å²) in [4.78, 5) is 7.24. The van der Waals surface area contributed by atoms with Gasteiger partial charge < -0.3 is 5.32 Å². The van der Waals surface area contributed by atoms with Crippen molar-refractivity contribution in [1.29, 1.82) is 0 Å². The fourth-order valence-corrected chi connectivity index (χ4v) is 1.99. The lowest BCUT2D eigenvalue weighted by Gasteiger charge is -2.12. The molecular weight excluding hydrogens is 330 g/mol. The second-order valence-corrected chi connectivity index (χ2v) is 4.59. The van der Waals surface area contributed by atoms with Crippen LogP contribution in [0.1, 0.15) is 5.69 Å². The van der Waals surface area contributed by atoms with E-state index >= 15 is 0 Å². The van der Waals surface area contributed by atoms with Crippen LogP contribution in [0.3, 0.4) is 0 Å². The maximum Gasteiger partial charge on any atom is 0.434 e. The van der Waals surface area contributed by atoms with Crippen molar-refractivity contribution in [2.75, 3.05) is 12.4 Å². The summed E-state index contributed by atoms with van der Waals surface area (Å²) in [5, 5.41) is 13.1. The zero-order chi connectivity index (χ0) is 17.3. The second kappa shape index (κ2) is 5.83. The topological polar surface area (TPSA) is 81.4 Å². The third-order valence-corrected chi connectivity index (χ3v) is 3.06. The Balaban J connectivity index is 2.17. The lowest BCUT2D eigenvalue weighted by molar-refractivity contribution is -0.140. The molecule has 124 valence electrons. The number of tetrazole rings is 1. The summed E-state index contributed by atoms with van der Waals surface area (Å²) in [6.45, 7) is 0. The molecule has 0 fully saturated rings. The van der Waals surface area contributed by atoms with Gasteiger partial charge in [0, 0.05) is 13.2 Å². The maximum absolute atomic E-state index is 13.3. The molecule has 0 saturated heterocycles. The molecule has 11 heteroatoms. The smallest absolute Gasteiger partial charge is 0.357 e. The van der Waals surface area contributed by atoms with E-state index in [1.807, 2.05) is 0 Å². The molecule has 1 aromatic carbocycles. The Morgan fingerprint density at radius 1 is 1.12 bits per heavy atom. The van der Waals surface area contributed by atoms with Gasteiger partial charge in [-0.1, -0.05) is 0 Å². The Hall–Kier alpha value is -3.11. The molecule has 7 nitrogen and oxygen atoms in total. The number of anilines is 1. The SMILES string of the molecule is CNc1ncc(-c2nnnn2-c2ccc(F)cc2)c(C(F)(F)F)n1. The molecule has 0 bridgehead atoms. The first-order chi connectivity index (χ1) is 11.4. The van der Waals surface area contributed by atoms with Gasteiger partial charge in [-0.05, 0) is 34.7 Å². The molecule has 0 aliphatic carbocycles. The third kappa shape index (κ3) is 2.87. The Morgan fingerprint density at radius 3 is 2.46 bits per heavy atom. The average Bonchev–Trinajstić information content (AvgIpc) is 3.03. The summed E-state index contributed by atoms with van der Waals surface area (Å²) in [5.74, 6) is -0.894. The molecule has 2 heterocycles. The van der Waals surface area contributed by atoms with Crippen molar-refractivity contribution in [3.63, 3.8) is 0 Å². The van der Waals surface area contributed by atoms with Crippen molar-refractivity contribution in [3.05, 3.63) is 42.0 Å². The Labute approximate surface area is 132 Å². The molecule has 3 aromatic rings. The van der Waals surface area contributed by atoms with Gasteiger partial charge in [0.2, 0.25) is 5.95 Å². The molecule has 0 aliphatic heterocycles. The highest BCUT2D eigenvalue weighted by Crippen LogP contribution is 2.35. The molecule has 3 rings (SSSR count). The summed E-state index contributed by atoms with van der Waals surface area (Å²) < 4.78 is 54.0. The van der Waals surface area contributed by atoms with Crippen LogP contribution in [0.4, 0.5) is 23.5 Å². The van der Waals surface area contributed by atoms with Gasteiger partial charge in [0.25, 0.3) is 0 Å². The minimum atomic E-state index is -4.73. The lowest BCUT2D eigenvalue weighted by Crippen LogP contribution is -2.14. The van der Waals surface area contributed by atoms with Crippen molar-refractivity contribution in [2.24, 2.45) is 0 Å². The summed E-state index contributed by atoms with van der Waals surface area (Å²) in [5.41, 5.74) is -1.28. The molecule has 24 heavy (non-hydrogen) atoms. The lowest BCUT2D eigenvalue weighted by atomic mass is 10.2. The summed E-state index contributed by atoms with van der Waals surface area (Å²) >= 11 is 0. The van der Waals surface area contributed by atoms with E-state index in [0.29, 0.717) is 5.69 Å². The molecule has 0 amide bonds. The highest BCUT2D eigenvalue weighted by molar-refractivity contribution is 5.61. The monoisotopic (exact) mass is 339 g/mol. The van der Waals surface area contributed by atoms with Gasteiger partial charge in [-0.2, -0.15) is 17.9 Å². The van der Waals surface area contributed by atoms with E-state index in [9.17, 15) is 17.6 Å². The van der Waals surface area contributed by atoms with Gasteiger partial charge in [-0.15, -0.1) is 5.10 Å². The first-order valence-corrected chi connectivity index (χ1v) is 6.57. The highest BCUT2D eigenvalue weighted by atomic mass is 19.4. The molecular formula is C13H9F4N7. The fourth-order valence-electron chi connectivity index (χ4n) is 1.99. The third-order valence-electron chi connectivity index (χ3n) is 3.06. The van der Waals surface area contributed by atoms with Crippen molar-refractivity contribution in [1.82, 2.24) is 30.2 Å². The van der Waals surface area contributed by atoms with Gasteiger partial charge in [-0.25, -0.2) is 14.4 Å². The van der Waals surface area contributed by atoms with Gasteiger partial charge in [0.1, 0.15) is 5.82 Å². The van der Waals surface area contributed by atoms with E-state index in [0.717, 1.165) is 23.0 Å². The minimum Gasteiger partial charge on any atom is -0.357 e. The minimum absolute atomic E-state index is 0.188. The molecule has 0 unspecified atom stereocenters. The van der Waals surface area contributed by atoms with Crippen LogP contribution in [0.2, 0.25) is 0 Å². The van der Waals surface area contributed by atoms with E-state index in [1.54, 1.807) is 0 Å². The average molecular weight is 339 g/mol. The summed E-state index contributed by atoms with van der Waals surface area (Å²) in [7, 11) is 1.40. The van der Waals surface area contributed by atoms with Crippen LogP contribution < -0.4 is 5.32 Å². The Kier molecular flexibility index (Phi) is 3.83. The van der Waals surface area contributed by atoms with Gasteiger partial charge in [-0.3, -0.25) is 0 Å². The number of hydrogen-bond acceptors (Lipinski definition) is 6. The molecule has 0 radical (unpaired) electrons. The second-order valence-electron chi connectivity index (χ2n) is 4.59. The molecule has 1 N–H and O–H groups in total. The molecule has 0 saturated carbocycles. The van der Waals surface area contributed by atoms with E-state index in [1.165, 1.54) is 19.2 Å². The summed E-state index contributed by atoms with van der Waals surface area (Å²) in [6.07, 6.45) is -3.75. The largest absolute Gasteiger partial charge is 0.434 e.